The molecule has 0 saturated heterocycles. The van der Waals surface area contributed by atoms with E-state index in [0.717, 1.165) is 0 Å². The fraction of sp³-hybridized carbons (Fsp3) is 0.250. The van der Waals surface area contributed by atoms with Crippen molar-refractivity contribution in [2.24, 2.45) is 22.1 Å². The topological polar surface area (TPSA) is 156 Å². The highest BCUT2D eigenvalue weighted by Gasteiger charge is 2.23. The fourth-order valence-corrected chi connectivity index (χ4v) is 2.36. The number of nitrogens with one attached hydrogen (secondary N) is 1. The van der Waals surface area contributed by atoms with Crippen molar-refractivity contribution in [1.29, 1.82) is 0 Å². The van der Waals surface area contributed by atoms with Gasteiger partial charge in [-0.15, -0.1) is 5.11 Å². The van der Waals surface area contributed by atoms with E-state index < -0.39 is 5.78 Å². The molecule has 0 aromatic heterocycles. The number of nitrogens with zero attached hydrogens (tertiary/aromatic N) is 3. The molecule has 6 N–H and O–H groups in total. The number of nitrogens with two attached hydrogens (primary N) is 2. The Hall–Kier alpha value is -3.24. The molecule has 10 heteroatoms. The van der Waals surface area contributed by atoms with Crippen LogP contribution < -0.4 is 17.1 Å². The lowest BCUT2D eigenvalue weighted by molar-refractivity contribution is -0.116. The Morgan fingerprint density at radius 2 is 2.00 bits per heavy atom. The van der Waals surface area contributed by atoms with Gasteiger partial charge in [0.25, 0.3) is 0 Å². The molecule has 0 bridgehead atoms. The van der Waals surface area contributed by atoms with Crippen molar-refractivity contribution in [2.75, 3.05) is 25.5 Å². The van der Waals surface area contributed by atoms with E-state index in [-0.39, 0.29) is 35.2 Å². The van der Waals surface area contributed by atoms with E-state index >= 15 is 0 Å². The fourth-order valence-electron chi connectivity index (χ4n) is 2.36. The van der Waals surface area contributed by atoms with E-state index in [9.17, 15) is 14.7 Å². The third-order valence-electron chi connectivity index (χ3n) is 3.77. The Morgan fingerprint density at radius 1 is 1.27 bits per heavy atom. The molecule has 1 aliphatic carbocycles. The number of carbonyl (C=O) groups excluding carboxylic acids is 2. The predicted molar refractivity (Wildman–Crippen MR) is 94.1 cm³/mol. The maximum atomic E-state index is 12.3. The molecule has 0 spiro atoms. The number of likely N-dealkylation sites (N-methyl/N-ethyl adjacent to an activating group) is 1. The Kier molecular flexibility index (Phi) is 6.04. The summed E-state index contributed by atoms with van der Waals surface area (Å²) in [6.07, 6.45) is 2.40. The van der Waals surface area contributed by atoms with Gasteiger partial charge in [0.1, 0.15) is 5.75 Å². The van der Waals surface area contributed by atoms with E-state index in [1.54, 1.807) is 24.9 Å². The Bertz CT molecular complexity index is 815. The Labute approximate surface area is 149 Å². The molecule has 26 heavy (non-hydrogen) atoms. The first-order valence-corrected chi connectivity index (χ1v) is 7.63. The molecule has 1 aromatic rings. The van der Waals surface area contributed by atoms with Crippen molar-refractivity contribution in [3.8, 4) is 5.75 Å². The van der Waals surface area contributed by atoms with E-state index in [1.807, 2.05) is 0 Å². The summed E-state index contributed by atoms with van der Waals surface area (Å²) in [5.41, 5.74) is 1.60. The van der Waals surface area contributed by atoms with Crippen molar-refractivity contribution in [1.82, 2.24) is 4.90 Å². The van der Waals surface area contributed by atoms with Gasteiger partial charge in [0.2, 0.25) is 11.6 Å². The number of hydrogen-bond donors (Lipinski definition) is 4. The van der Waals surface area contributed by atoms with Crippen LogP contribution in [-0.2, 0) is 14.4 Å². The van der Waals surface area contributed by atoms with Crippen molar-refractivity contribution in [3.63, 3.8) is 0 Å². The Balaban J connectivity index is 2.21. The molecule has 0 fully saturated rings. The largest absolute Gasteiger partial charge is 0.506 e. The van der Waals surface area contributed by atoms with Gasteiger partial charge in [-0.1, -0.05) is 5.22 Å². The first-order valence-electron chi connectivity index (χ1n) is 7.63. The molecule has 2 rings (SSSR count). The molecule has 0 radical (unpaired) electrons. The summed E-state index contributed by atoms with van der Waals surface area (Å²) in [6.45, 7) is 2.31. The average molecular weight is 360 g/mol. The van der Waals surface area contributed by atoms with Gasteiger partial charge in [-0.25, -0.2) is 5.90 Å². The highest BCUT2D eigenvalue weighted by molar-refractivity contribution is 6.20. The van der Waals surface area contributed by atoms with Gasteiger partial charge in [0.05, 0.1) is 29.4 Å². The van der Waals surface area contributed by atoms with Gasteiger partial charge < -0.3 is 26.0 Å². The summed E-state index contributed by atoms with van der Waals surface area (Å²) in [5.74, 6) is 9.07. The molecule has 0 atom stereocenters. The lowest BCUT2D eigenvalue weighted by atomic mass is 10.0. The zero-order chi connectivity index (χ0) is 19.3. The second-order valence-corrected chi connectivity index (χ2v) is 5.60. The van der Waals surface area contributed by atoms with Crippen LogP contribution in [0.1, 0.15) is 5.56 Å². The number of phenols is 1. The Morgan fingerprint density at radius 3 is 2.65 bits per heavy atom. The highest BCUT2D eigenvalue weighted by Crippen LogP contribution is 2.33. The molecule has 1 aromatic carbocycles. The van der Waals surface area contributed by atoms with Crippen LogP contribution in [0.15, 0.2) is 46.0 Å². The van der Waals surface area contributed by atoms with E-state index in [2.05, 4.69) is 20.5 Å². The van der Waals surface area contributed by atoms with Crippen LogP contribution in [-0.4, -0.2) is 41.8 Å². The molecular formula is C16H20N6O4. The molecule has 0 saturated carbocycles. The number of allylic oxidation sites excluding steroid dienone is 2. The zero-order valence-corrected chi connectivity index (χ0v) is 14.4. The van der Waals surface area contributed by atoms with E-state index in [0.29, 0.717) is 17.8 Å². The quantitative estimate of drug-likeness (QED) is 0.183. The van der Waals surface area contributed by atoms with Gasteiger partial charge >= 0.3 is 0 Å². The second kappa shape index (κ2) is 8.23. The van der Waals surface area contributed by atoms with Gasteiger partial charge in [-0.2, -0.15) is 0 Å². The number of aromatic hydroxyl groups is 1. The summed E-state index contributed by atoms with van der Waals surface area (Å²) in [4.78, 5) is 30.7. The van der Waals surface area contributed by atoms with Gasteiger partial charge in [-0.05, 0) is 18.6 Å². The van der Waals surface area contributed by atoms with Crippen LogP contribution in [0.2, 0.25) is 0 Å². The minimum absolute atomic E-state index is 0.0464. The monoisotopic (exact) mass is 360 g/mol. The third kappa shape index (κ3) is 4.23. The summed E-state index contributed by atoms with van der Waals surface area (Å²) in [6, 6.07) is 2.92. The molecule has 0 heterocycles. The zero-order valence-electron chi connectivity index (χ0n) is 14.4. The van der Waals surface area contributed by atoms with Crippen LogP contribution in [0.4, 0.5) is 11.4 Å². The molecule has 0 aliphatic heterocycles. The molecule has 0 unspecified atom stereocenters. The maximum absolute atomic E-state index is 12.3. The number of ketones is 2. The number of anilines is 1. The van der Waals surface area contributed by atoms with Crippen LogP contribution in [0.25, 0.3) is 0 Å². The van der Waals surface area contributed by atoms with Crippen molar-refractivity contribution < 1.29 is 19.5 Å². The number of aryl methyl sites for hydroxylation is 1. The number of rotatable bonds is 7. The van der Waals surface area contributed by atoms with Gasteiger partial charge in [0, 0.05) is 31.8 Å². The summed E-state index contributed by atoms with van der Waals surface area (Å²) >= 11 is 0. The number of hydrogen-bond acceptors (Lipinski definition) is 9. The smallest absolute Gasteiger partial charge is 0.204 e. The first-order chi connectivity index (χ1) is 12.4. The standard InChI is InChI=1S/C16H20N6O4/c1-9-5-11(14(23)6-10(9)20-21-17)19-12-7-16(25)13(8-15(12)24)22(2)3-4-26-18/h5-8,19,23H,3-4,18H2,1-2H3,(H2,17,20). The first kappa shape index (κ1) is 19.1. The van der Waals surface area contributed by atoms with E-state index in [1.165, 1.54) is 18.2 Å². The number of benzene rings is 1. The van der Waals surface area contributed by atoms with Crippen LogP contribution >= 0.6 is 0 Å². The molecule has 0 amide bonds. The molecule has 1 aliphatic rings. The van der Waals surface area contributed by atoms with Gasteiger partial charge in [-0.3, -0.25) is 9.59 Å². The van der Waals surface area contributed by atoms with Crippen molar-refractivity contribution in [3.05, 3.63) is 41.2 Å². The lowest BCUT2D eigenvalue weighted by Gasteiger charge is -2.23. The van der Waals surface area contributed by atoms with Gasteiger partial charge in [0.15, 0.2) is 0 Å². The van der Waals surface area contributed by atoms with Crippen molar-refractivity contribution in [2.45, 2.75) is 6.92 Å². The highest BCUT2D eigenvalue weighted by atomic mass is 16.6. The molecule has 10 nitrogen and oxygen atoms in total. The second-order valence-electron chi connectivity index (χ2n) is 5.60. The van der Waals surface area contributed by atoms with Crippen LogP contribution in [0.5, 0.6) is 5.75 Å². The minimum Gasteiger partial charge on any atom is -0.506 e. The van der Waals surface area contributed by atoms with Crippen LogP contribution in [0, 0.1) is 6.92 Å². The number of carbonyl (C=O) groups is 2. The van der Waals surface area contributed by atoms with Crippen LogP contribution in [0.3, 0.4) is 0 Å². The summed E-state index contributed by atoms with van der Waals surface area (Å²) in [7, 11) is 1.65. The third-order valence-corrected chi connectivity index (χ3v) is 3.77. The summed E-state index contributed by atoms with van der Waals surface area (Å²) in [5, 5.41) is 19.7. The molecular weight excluding hydrogens is 340 g/mol. The summed E-state index contributed by atoms with van der Waals surface area (Å²) < 4.78 is 0. The van der Waals surface area contributed by atoms with Crippen molar-refractivity contribution >= 4 is 22.9 Å². The predicted octanol–water partition coefficient (Wildman–Crippen LogP) is 0.812. The maximum Gasteiger partial charge on any atom is 0.204 e. The lowest BCUT2D eigenvalue weighted by Crippen LogP contribution is -2.31. The average Bonchev–Trinajstić information content (AvgIpc) is 2.60. The number of phenolic OH excluding ortho intramolecular Hbond substituents is 1. The molecule has 138 valence electrons. The van der Waals surface area contributed by atoms with E-state index in [4.69, 9.17) is 11.7 Å². The SMILES string of the molecule is Cc1cc(NC2=CC(=O)C(N(C)CCON)=CC2=O)c(O)cc1N=NN. The minimum atomic E-state index is -0.400. The normalized spacial score (nSPS) is 14.4.